The molecule has 2 N–H and O–H groups in total. The predicted molar refractivity (Wildman–Crippen MR) is 114 cm³/mol. The zero-order valence-corrected chi connectivity index (χ0v) is 17.3. The molecular formula is C24H33NO2. The van der Waals surface area contributed by atoms with Gasteiger partial charge < -0.3 is 10.4 Å². The van der Waals surface area contributed by atoms with Crippen LogP contribution < -0.4 is 5.32 Å². The first-order valence-electron chi connectivity index (χ1n) is 9.99. The number of hydrogen-bond acceptors (Lipinski definition) is 2. The van der Waals surface area contributed by atoms with Crippen molar-refractivity contribution in [3.8, 4) is 0 Å². The van der Waals surface area contributed by atoms with Gasteiger partial charge in [0.1, 0.15) is 0 Å². The van der Waals surface area contributed by atoms with Crippen molar-refractivity contribution < 1.29 is 9.90 Å². The summed E-state index contributed by atoms with van der Waals surface area (Å²) in [5.41, 5.74) is 5.23. The standard InChI is InChI=1S/C24H33NO2/c1-6-10-18-15-19(23(26)27)13-14-22(18)25-16-24(4,5)21-12-9-8-11-20(21)17(3)7-2/h8-9,11-15,17,25H,6-7,10,16H2,1-5H3,(H,26,27). The second kappa shape index (κ2) is 9.07. The van der Waals surface area contributed by atoms with Crippen LogP contribution in [0.2, 0.25) is 0 Å². The topological polar surface area (TPSA) is 49.3 Å². The van der Waals surface area contributed by atoms with Crippen molar-refractivity contribution >= 4 is 11.7 Å². The number of nitrogens with one attached hydrogen (secondary N) is 1. The normalized spacial score (nSPS) is 12.6. The summed E-state index contributed by atoms with van der Waals surface area (Å²) in [5.74, 6) is -0.340. The number of anilines is 1. The Hall–Kier alpha value is -2.29. The van der Waals surface area contributed by atoms with Crippen molar-refractivity contribution in [3.63, 3.8) is 0 Å². The first kappa shape index (κ1) is 21.0. The van der Waals surface area contributed by atoms with Crippen LogP contribution in [0.5, 0.6) is 0 Å². The van der Waals surface area contributed by atoms with Gasteiger partial charge in [-0.1, -0.05) is 65.3 Å². The Kier molecular flexibility index (Phi) is 7.06. The lowest BCUT2D eigenvalue weighted by atomic mass is 9.78. The highest BCUT2D eigenvalue weighted by molar-refractivity contribution is 5.88. The minimum atomic E-state index is -0.873. The average Bonchev–Trinajstić information content (AvgIpc) is 2.66. The van der Waals surface area contributed by atoms with Gasteiger partial charge in [-0.3, -0.25) is 0 Å². The third-order valence-electron chi connectivity index (χ3n) is 5.43. The summed E-state index contributed by atoms with van der Waals surface area (Å²) < 4.78 is 0. The van der Waals surface area contributed by atoms with Gasteiger partial charge in [0, 0.05) is 17.6 Å². The zero-order valence-electron chi connectivity index (χ0n) is 17.3. The molecule has 0 radical (unpaired) electrons. The van der Waals surface area contributed by atoms with E-state index < -0.39 is 5.97 Å². The van der Waals surface area contributed by atoms with Crippen LogP contribution >= 0.6 is 0 Å². The second-order valence-electron chi connectivity index (χ2n) is 8.06. The molecule has 0 fully saturated rings. The molecule has 0 saturated carbocycles. The van der Waals surface area contributed by atoms with Gasteiger partial charge in [-0.25, -0.2) is 4.79 Å². The van der Waals surface area contributed by atoms with E-state index in [0.29, 0.717) is 11.5 Å². The molecule has 3 nitrogen and oxygen atoms in total. The molecule has 0 heterocycles. The highest BCUT2D eigenvalue weighted by atomic mass is 16.4. The van der Waals surface area contributed by atoms with Crippen molar-refractivity contribution in [1.29, 1.82) is 0 Å². The van der Waals surface area contributed by atoms with Crippen LogP contribution in [0.3, 0.4) is 0 Å². The number of aryl methyl sites for hydroxylation is 1. The lowest BCUT2D eigenvalue weighted by Gasteiger charge is -2.31. The molecule has 2 rings (SSSR count). The fraction of sp³-hybridized carbons (Fsp3) is 0.458. The van der Waals surface area contributed by atoms with Crippen LogP contribution in [0.4, 0.5) is 5.69 Å². The van der Waals surface area contributed by atoms with E-state index in [0.717, 1.165) is 37.1 Å². The Morgan fingerprint density at radius 2 is 1.85 bits per heavy atom. The Balaban J connectivity index is 2.26. The summed E-state index contributed by atoms with van der Waals surface area (Å²) in [5, 5.41) is 12.9. The maximum absolute atomic E-state index is 11.3. The van der Waals surface area contributed by atoms with E-state index in [4.69, 9.17) is 0 Å². The Labute approximate surface area is 163 Å². The first-order valence-corrected chi connectivity index (χ1v) is 9.99. The molecule has 0 aromatic heterocycles. The zero-order chi connectivity index (χ0) is 20.0. The van der Waals surface area contributed by atoms with E-state index in [2.05, 4.69) is 64.2 Å². The summed E-state index contributed by atoms with van der Waals surface area (Å²) in [6.07, 6.45) is 2.98. The molecule has 0 aliphatic rings. The Bertz CT molecular complexity index is 780. The van der Waals surface area contributed by atoms with E-state index in [1.54, 1.807) is 12.1 Å². The quantitative estimate of drug-likeness (QED) is 0.551. The Morgan fingerprint density at radius 3 is 2.48 bits per heavy atom. The number of rotatable bonds is 9. The second-order valence-corrected chi connectivity index (χ2v) is 8.06. The number of carboxylic acids is 1. The van der Waals surface area contributed by atoms with Gasteiger partial charge in [-0.05, 0) is 53.6 Å². The largest absolute Gasteiger partial charge is 0.478 e. The van der Waals surface area contributed by atoms with Crippen LogP contribution in [0.25, 0.3) is 0 Å². The van der Waals surface area contributed by atoms with Crippen LogP contribution in [-0.2, 0) is 11.8 Å². The molecule has 0 bridgehead atoms. The highest BCUT2D eigenvalue weighted by Gasteiger charge is 2.25. The van der Waals surface area contributed by atoms with Gasteiger partial charge in [0.05, 0.1) is 5.56 Å². The van der Waals surface area contributed by atoms with Crippen molar-refractivity contribution in [2.75, 3.05) is 11.9 Å². The van der Waals surface area contributed by atoms with Gasteiger partial charge in [0.2, 0.25) is 0 Å². The Morgan fingerprint density at radius 1 is 1.15 bits per heavy atom. The number of benzene rings is 2. The fourth-order valence-corrected chi connectivity index (χ4v) is 3.55. The maximum Gasteiger partial charge on any atom is 0.335 e. The van der Waals surface area contributed by atoms with Crippen molar-refractivity contribution in [1.82, 2.24) is 0 Å². The minimum absolute atomic E-state index is 0.0328. The number of aromatic carboxylic acids is 1. The molecule has 0 saturated heterocycles. The van der Waals surface area contributed by atoms with Crippen molar-refractivity contribution in [2.24, 2.45) is 0 Å². The molecule has 0 amide bonds. The molecule has 2 aromatic carbocycles. The number of carboxylic acid groups (broad SMARTS) is 1. The highest BCUT2D eigenvalue weighted by Crippen LogP contribution is 2.33. The lowest BCUT2D eigenvalue weighted by molar-refractivity contribution is 0.0697. The summed E-state index contributed by atoms with van der Waals surface area (Å²) in [6, 6.07) is 14.1. The van der Waals surface area contributed by atoms with E-state index in [1.807, 2.05) is 6.07 Å². The minimum Gasteiger partial charge on any atom is -0.478 e. The van der Waals surface area contributed by atoms with E-state index >= 15 is 0 Å². The van der Waals surface area contributed by atoms with Crippen LogP contribution in [0.15, 0.2) is 42.5 Å². The number of carbonyl (C=O) groups is 1. The maximum atomic E-state index is 11.3. The van der Waals surface area contributed by atoms with E-state index in [-0.39, 0.29) is 5.41 Å². The third-order valence-corrected chi connectivity index (χ3v) is 5.43. The van der Waals surface area contributed by atoms with E-state index in [9.17, 15) is 9.90 Å². The summed E-state index contributed by atoms with van der Waals surface area (Å²) in [7, 11) is 0. The van der Waals surface area contributed by atoms with E-state index in [1.165, 1.54) is 11.1 Å². The van der Waals surface area contributed by atoms with Gasteiger partial charge in [0.25, 0.3) is 0 Å². The van der Waals surface area contributed by atoms with Crippen LogP contribution in [-0.4, -0.2) is 17.6 Å². The van der Waals surface area contributed by atoms with Gasteiger partial charge >= 0.3 is 5.97 Å². The summed E-state index contributed by atoms with van der Waals surface area (Å²) in [6.45, 7) is 12.0. The molecule has 3 heteroatoms. The lowest BCUT2D eigenvalue weighted by Crippen LogP contribution is -2.29. The average molecular weight is 368 g/mol. The SMILES string of the molecule is CCCc1cc(C(=O)O)ccc1NCC(C)(C)c1ccccc1C(C)CC. The first-order chi connectivity index (χ1) is 12.8. The summed E-state index contributed by atoms with van der Waals surface area (Å²) >= 11 is 0. The van der Waals surface area contributed by atoms with Crippen LogP contribution in [0.1, 0.15) is 80.4 Å². The third kappa shape index (κ3) is 5.12. The molecule has 1 unspecified atom stereocenters. The molecule has 146 valence electrons. The molecule has 27 heavy (non-hydrogen) atoms. The molecule has 0 spiro atoms. The molecule has 0 aliphatic carbocycles. The summed E-state index contributed by atoms with van der Waals surface area (Å²) in [4.78, 5) is 11.3. The molecule has 2 aromatic rings. The van der Waals surface area contributed by atoms with Crippen LogP contribution in [0, 0.1) is 0 Å². The van der Waals surface area contributed by atoms with Gasteiger partial charge in [-0.2, -0.15) is 0 Å². The smallest absolute Gasteiger partial charge is 0.335 e. The van der Waals surface area contributed by atoms with Gasteiger partial charge in [-0.15, -0.1) is 0 Å². The number of hydrogen-bond donors (Lipinski definition) is 2. The van der Waals surface area contributed by atoms with Gasteiger partial charge in [0.15, 0.2) is 0 Å². The fourth-order valence-electron chi connectivity index (χ4n) is 3.55. The van der Waals surface area contributed by atoms with Crippen molar-refractivity contribution in [3.05, 3.63) is 64.7 Å². The molecule has 0 aliphatic heterocycles. The monoisotopic (exact) mass is 367 g/mol. The van der Waals surface area contributed by atoms with Crippen molar-refractivity contribution in [2.45, 2.75) is 65.2 Å². The predicted octanol–water partition coefficient (Wildman–Crippen LogP) is 6.24. The molecular weight excluding hydrogens is 334 g/mol. The molecule has 1 atom stereocenters.